The molecule has 0 aromatic heterocycles. The first-order chi connectivity index (χ1) is 6.68. The highest BCUT2D eigenvalue weighted by Gasteiger charge is 2.42. The van der Waals surface area contributed by atoms with Crippen LogP contribution in [0.3, 0.4) is 0 Å². The molecule has 1 heterocycles. The lowest BCUT2D eigenvalue weighted by molar-refractivity contribution is -0.130. The fourth-order valence-electron chi connectivity index (χ4n) is 1.48. The topological polar surface area (TPSA) is 54.5 Å². The number of hydrogen-bond acceptors (Lipinski definition) is 3. The van der Waals surface area contributed by atoms with Crippen LogP contribution < -0.4 is 0 Å². The van der Waals surface area contributed by atoms with Crippen LogP contribution in [0.25, 0.3) is 0 Å². The van der Waals surface area contributed by atoms with E-state index < -0.39 is 19.8 Å². The van der Waals surface area contributed by atoms with Crippen molar-refractivity contribution in [2.45, 2.75) is 31.1 Å². The van der Waals surface area contributed by atoms with Gasteiger partial charge >= 0.3 is 0 Å². The Bertz CT molecular complexity index is 421. The van der Waals surface area contributed by atoms with Crippen molar-refractivity contribution < 1.29 is 13.2 Å². The fraction of sp³-hybridized carbons (Fsp3) is 0.667. The first-order valence-electron chi connectivity index (χ1n) is 4.40. The van der Waals surface area contributed by atoms with Crippen LogP contribution in [0, 0.1) is 12.3 Å². The fourth-order valence-corrected chi connectivity index (χ4v) is 2.51. The normalized spacial score (nSPS) is 22.9. The lowest BCUT2D eigenvalue weighted by atomic mass is 10.1. The van der Waals surface area contributed by atoms with E-state index in [1.807, 2.05) is 0 Å². The highest BCUT2D eigenvalue weighted by atomic mass is 35.7. The van der Waals surface area contributed by atoms with Gasteiger partial charge in [-0.3, -0.25) is 4.79 Å². The number of halogens is 1. The molecule has 4 nitrogen and oxygen atoms in total. The first-order valence-corrected chi connectivity index (χ1v) is 6.77. The molecule has 1 rings (SSSR count). The Kier molecular flexibility index (Phi) is 3.04. The molecule has 1 atom stereocenters. The van der Waals surface area contributed by atoms with Crippen LogP contribution in [0.4, 0.5) is 0 Å². The van der Waals surface area contributed by atoms with Gasteiger partial charge in [0.25, 0.3) is 0 Å². The van der Waals surface area contributed by atoms with Gasteiger partial charge in [0.05, 0.1) is 5.54 Å². The molecule has 0 N–H and O–H groups in total. The molecule has 0 aromatic rings. The first kappa shape index (κ1) is 12.3. The number of amides is 1. The van der Waals surface area contributed by atoms with Crippen molar-refractivity contribution in [2.75, 3.05) is 6.54 Å². The maximum Gasteiger partial charge on any atom is 0.237 e. The molecular weight excluding hydrogens is 238 g/mol. The summed E-state index contributed by atoms with van der Waals surface area (Å²) < 4.78 is 22.1. The van der Waals surface area contributed by atoms with Crippen LogP contribution >= 0.6 is 10.7 Å². The van der Waals surface area contributed by atoms with E-state index in [1.165, 1.54) is 4.90 Å². The van der Waals surface area contributed by atoms with Crippen LogP contribution in [-0.2, 0) is 13.8 Å². The molecule has 0 aliphatic carbocycles. The van der Waals surface area contributed by atoms with Crippen LogP contribution in [0.2, 0.25) is 0 Å². The minimum Gasteiger partial charge on any atom is -0.325 e. The van der Waals surface area contributed by atoms with E-state index >= 15 is 0 Å². The number of nitrogens with zero attached hydrogens (tertiary/aromatic N) is 1. The minimum atomic E-state index is -3.70. The van der Waals surface area contributed by atoms with Gasteiger partial charge in [-0.1, -0.05) is 5.92 Å². The molecular formula is C9H12ClNO3S. The molecule has 84 valence electrons. The highest BCUT2D eigenvalue weighted by molar-refractivity contribution is 8.14. The molecule has 1 saturated heterocycles. The van der Waals surface area contributed by atoms with Crippen LogP contribution in [-0.4, -0.2) is 36.6 Å². The van der Waals surface area contributed by atoms with Gasteiger partial charge in [0.2, 0.25) is 15.0 Å². The number of carbonyl (C=O) groups is 1. The summed E-state index contributed by atoms with van der Waals surface area (Å²) in [6.07, 6.45) is 5.19. The summed E-state index contributed by atoms with van der Waals surface area (Å²) in [5.74, 6) is 2.18. The highest BCUT2D eigenvalue weighted by Crippen LogP contribution is 2.27. The van der Waals surface area contributed by atoms with Crippen LogP contribution in [0.5, 0.6) is 0 Å². The van der Waals surface area contributed by atoms with Crippen molar-refractivity contribution in [2.24, 2.45) is 0 Å². The average molecular weight is 250 g/mol. The molecule has 1 unspecified atom stereocenters. The largest absolute Gasteiger partial charge is 0.325 e. The zero-order chi connectivity index (χ0) is 11.9. The number of carbonyl (C=O) groups excluding carboxylic acids is 1. The van der Waals surface area contributed by atoms with E-state index in [1.54, 1.807) is 13.8 Å². The molecule has 1 fully saturated rings. The van der Waals surface area contributed by atoms with Crippen molar-refractivity contribution in [1.29, 1.82) is 0 Å². The summed E-state index contributed by atoms with van der Waals surface area (Å²) >= 11 is 0. The Labute approximate surface area is 94.0 Å². The molecule has 0 aromatic carbocycles. The van der Waals surface area contributed by atoms with Crippen molar-refractivity contribution in [3.63, 3.8) is 0 Å². The second kappa shape index (κ2) is 3.69. The van der Waals surface area contributed by atoms with Crippen molar-refractivity contribution >= 4 is 25.6 Å². The Balaban J connectivity index is 2.93. The summed E-state index contributed by atoms with van der Waals surface area (Å²) in [7, 11) is 1.51. The van der Waals surface area contributed by atoms with Gasteiger partial charge in [0, 0.05) is 23.6 Å². The number of rotatable bonds is 2. The van der Waals surface area contributed by atoms with Crippen LogP contribution in [0.15, 0.2) is 0 Å². The molecule has 0 radical (unpaired) electrons. The molecule has 6 heteroatoms. The third-order valence-corrected chi connectivity index (χ3v) is 4.38. The third-order valence-electron chi connectivity index (χ3n) is 2.52. The van der Waals surface area contributed by atoms with Gasteiger partial charge in [0.15, 0.2) is 0 Å². The van der Waals surface area contributed by atoms with Gasteiger partial charge in [0.1, 0.15) is 5.25 Å². The summed E-state index contributed by atoms with van der Waals surface area (Å²) in [5.41, 5.74) is -0.770. The van der Waals surface area contributed by atoms with Gasteiger partial charge in [-0.2, -0.15) is 0 Å². The monoisotopic (exact) mass is 249 g/mol. The Morgan fingerprint density at radius 2 is 2.13 bits per heavy atom. The smallest absolute Gasteiger partial charge is 0.237 e. The second-order valence-electron chi connectivity index (χ2n) is 4.01. The number of terminal acetylenes is 1. The Morgan fingerprint density at radius 3 is 2.47 bits per heavy atom. The Hall–Kier alpha value is -0.730. The summed E-state index contributed by atoms with van der Waals surface area (Å²) in [6.45, 7) is 3.45. The van der Waals surface area contributed by atoms with Gasteiger partial charge in [-0.05, 0) is 13.8 Å². The SMILES string of the molecule is C#CC(C)(C)N1CC(S(=O)(=O)Cl)CC1=O. The standard InChI is InChI=1S/C9H12ClNO3S/c1-4-9(2,3)11-6-7(5-8(11)12)15(10,13)14/h1,7H,5-6H2,2-3H3. The summed E-state index contributed by atoms with van der Waals surface area (Å²) in [6, 6.07) is 0. The minimum absolute atomic E-state index is 0.0713. The van der Waals surface area contributed by atoms with E-state index in [4.69, 9.17) is 17.1 Å². The van der Waals surface area contributed by atoms with Crippen molar-refractivity contribution in [3.8, 4) is 12.3 Å². The molecule has 0 saturated carbocycles. The van der Waals surface area contributed by atoms with E-state index in [0.29, 0.717) is 0 Å². The summed E-state index contributed by atoms with van der Waals surface area (Å²) in [5, 5.41) is -0.848. The van der Waals surface area contributed by atoms with Gasteiger partial charge in [-0.15, -0.1) is 6.42 Å². The van der Waals surface area contributed by atoms with Crippen LogP contribution in [0.1, 0.15) is 20.3 Å². The zero-order valence-electron chi connectivity index (χ0n) is 8.53. The van der Waals surface area contributed by atoms with Crippen molar-refractivity contribution in [3.05, 3.63) is 0 Å². The lowest BCUT2D eigenvalue weighted by Gasteiger charge is -2.30. The second-order valence-corrected chi connectivity index (χ2v) is 6.92. The zero-order valence-corrected chi connectivity index (χ0v) is 10.1. The van der Waals surface area contributed by atoms with Gasteiger partial charge in [-0.25, -0.2) is 8.42 Å². The predicted octanol–water partition coefficient (Wildman–Crippen LogP) is 0.568. The quantitative estimate of drug-likeness (QED) is 0.531. The third kappa shape index (κ3) is 2.44. The molecule has 1 aliphatic heterocycles. The predicted molar refractivity (Wildman–Crippen MR) is 57.8 cm³/mol. The maximum absolute atomic E-state index is 11.5. The van der Waals surface area contributed by atoms with Crippen molar-refractivity contribution in [1.82, 2.24) is 4.90 Å². The molecule has 1 aliphatic rings. The molecule has 0 bridgehead atoms. The molecule has 0 spiro atoms. The summed E-state index contributed by atoms with van der Waals surface area (Å²) in [4.78, 5) is 12.9. The molecule has 15 heavy (non-hydrogen) atoms. The average Bonchev–Trinajstić information content (AvgIpc) is 2.47. The molecule has 1 amide bonds. The van der Waals surface area contributed by atoms with E-state index in [9.17, 15) is 13.2 Å². The lowest BCUT2D eigenvalue weighted by Crippen LogP contribution is -2.44. The Morgan fingerprint density at radius 1 is 1.60 bits per heavy atom. The van der Waals surface area contributed by atoms with E-state index in [-0.39, 0.29) is 18.9 Å². The van der Waals surface area contributed by atoms with Gasteiger partial charge < -0.3 is 4.90 Å². The number of likely N-dealkylation sites (tertiary alicyclic amines) is 1. The maximum atomic E-state index is 11.5. The van der Waals surface area contributed by atoms with E-state index in [2.05, 4.69) is 5.92 Å². The number of hydrogen-bond donors (Lipinski definition) is 0. The van der Waals surface area contributed by atoms with E-state index in [0.717, 1.165) is 0 Å².